The molecule has 21 heavy (non-hydrogen) atoms. The fourth-order valence-corrected chi connectivity index (χ4v) is 2.64. The highest BCUT2D eigenvalue weighted by atomic mass is 35.5. The van der Waals surface area contributed by atoms with Crippen molar-refractivity contribution < 1.29 is 4.39 Å². The zero-order chi connectivity index (χ0) is 15.2. The minimum absolute atomic E-state index is 0.180. The molecule has 0 saturated heterocycles. The molecule has 0 aliphatic heterocycles. The third-order valence-electron chi connectivity index (χ3n) is 3.90. The number of benzene rings is 2. The van der Waals surface area contributed by atoms with Gasteiger partial charge < -0.3 is 5.32 Å². The van der Waals surface area contributed by atoms with Crippen LogP contribution in [0.15, 0.2) is 42.5 Å². The zero-order valence-electron chi connectivity index (χ0n) is 12.5. The highest BCUT2D eigenvalue weighted by molar-refractivity contribution is 6.30. The predicted molar refractivity (Wildman–Crippen MR) is 87.5 cm³/mol. The third-order valence-corrected chi connectivity index (χ3v) is 4.20. The molecule has 0 bridgehead atoms. The van der Waals surface area contributed by atoms with Crippen molar-refractivity contribution in [1.29, 1.82) is 0 Å². The number of aryl methyl sites for hydroxylation is 2. The number of rotatable bonds is 6. The summed E-state index contributed by atoms with van der Waals surface area (Å²) >= 11 is 5.72. The van der Waals surface area contributed by atoms with Gasteiger partial charge in [0.05, 0.1) is 5.02 Å². The van der Waals surface area contributed by atoms with Crippen LogP contribution in [-0.4, -0.2) is 13.1 Å². The largest absolute Gasteiger partial charge is 0.317 e. The van der Waals surface area contributed by atoms with E-state index in [4.69, 9.17) is 11.6 Å². The highest BCUT2D eigenvalue weighted by Crippen LogP contribution is 2.18. The van der Waals surface area contributed by atoms with Gasteiger partial charge in [0.1, 0.15) is 5.82 Å². The van der Waals surface area contributed by atoms with Gasteiger partial charge in [0.15, 0.2) is 0 Å². The molecule has 1 nitrogen and oxygen atoms in total. The van der Waals surface area contributed by atoms with Crippen LogP contribution in [0.1, 0.15) is 23.1 Å². The van der Waals surface area contributed by atoms with Gasteiger partial charge in [-0.15, -0.1) is 0 Å². The van der Waals surface area contributed by atoms with Crippen LogP contribution in [0.4, 0.5) is 4.39 Å². The molecule has 0 fully saturated rings. The first-order valence-corrected chi connectivity index (χ1v) is 7.63. The second-order valence-corrected chi connectivity index (χ2v) is 5.81. The Balaban J connectivity index is 1.97. The van der Waals surface area contributed by atoms with Crippen LogP contribution >= 0.6 is 11.6 Å². The normalized spacial score (nSPS) is 12.4. The smallest absolute Gasteiger partial charge is 0.142 e. The van der Waals surface area contributed by atoms with E-state index in [0.29, 0.717) is 6.04 Å². The molecule has 0 aliphatic rings. The number of likely N-dealkylation sites (N-methyl/N-ethyl adjacent to an activating group) is 1. The lowest BCUT2D eigenvalue weighted by molar-refractivity contribution is 0.518. The van der Waals surface area contributed by atoms with Gasteiger partial charge >= 0.3 is 0 Å². The summed E-state index contributed by atoms with van der Waals surface area (Å²) in [7, 11) is 1.95. The molecule has 1 atom stereocenters. The van der Waals surface area contributed by atoms with Crippen molar-refractivity contribution in [2.24, 2.45) is 0 Å². The maximum atomic E-state index is 13.5. The Bertz CT molecular complexity index is 598. The van der Waals surface area contributed by atoms with Crippen molar-refractivity contribution in [3.05, 3.63) is 70.0 Å². The SMILES string of the molecule is CNC(CCc1ccccc1C)Cc1ccc(Cl)c(F)c1. The average molecular weight is 306 g/mol. The Morgan fingerprint density at radius 1 is 1.19 bits per heavy atom. The maximum absolute atomic E-state index is 13.5. The number of hydrogen-bond donors (Lipinski definition) is 1. The van der Waals surface area contributed by atoms with Crippen LogP contribution in [0, 0.1) is 12.7 Å². The van der Waals surface area contributed by atoms with Gasteiger partial charge in [-0.1, -0.05) is 41.9 Å². The topological polar surface area (TPSA) is 12.0 Å². The lowest BCUT2D eigenvalue weighted by atomic mass is 9.97. The number of hydrogen-bond acceptors (Lipinski definition) is 1. The maximum Gasteiger partial charge on any atom is 0.142 e. The van der Waals surface area contributed by atoms with E-state index in [1.54, 1.807) is 6.07 Å². The molecular weight excluding hydrogens is 285 g/mol. The van der Waals surface area contributed by atoms with E-state index >= 15 is 0 Å². The zero-order valence-corrected chi connectivity index (χ0v) is 13.3. The first kappa shape index (κ1) is 16.0. The molecule has 0 saturated carbocycles. The van der Waals surface area contributed by atoms with Gasteiger partial charge in [0, 0.05) is 6.04 Å². The molecule has 3 heteroatoms. The van der Waals surface area contributed by atoms with E-state index in [-0.39, 0.29) is 10.8 Å². The standard InChI is InChI=1S/C18H21ClFN/c1-13-5-3-4-6-15(13)8-9-16(21-2)11-14-7-10-17(19)18(20)12-14/h3-7,10,12,16,21H,8-9,11H2,1-2H3. The van der Waals surface area contributed by atoms with Gasteiger partial charge in [0.2, 0.25) is 0 Å². The summed E-state index contributed by atoms with van der Waals surface area (Å²) in [4.78, 5) is 0. The van der Waals surface area contributed by atoms with Gasteiger partial charge in [-0.05, 0) is 62.1 Å². The van der Waals surface area contributed by atoms with Crippen molar-refractivity contribution in [3.63, 3.8) is 0 Å². The molecule has 0 spiro atoms. The van der Waals surface area contributed by atoms with E-state index < -0.39 is 0 Å². The van der Waals surface area contributed by atoms with Crippen molar-refractivity contribution in [3.8, 4) is 0 Å². The lowest BCUT2D eigenvalue weighted by Crippen LogP contribution is -2.28. The Morgan fingerprint density at radius 3 is 2.62 bits per heavy atom. The molecule has 2 rings (SSSR count). The van der Waals surface area contributed by atoms with Crippen LogP contribution < -0.4 is 5.32 Å². The average Bonchev–Trinajstić information content (AvgIpc) is 2.48. The quantitative estimate of drug-likeness (QED) is 0.825. The molecule has 2 aromatic carbocycles. The van der Waals surface area contributed by atoms with Crippen molar-refractivity contribution in [1.82, 2.24) is 5.32 Å². The first-order valence-electron chi connectivity index (χ1n) is 7.26. The monoisotopic (exact) mass is 305 g/mol. The Labute approximate surface area is 131 Å². The van der Waals surface area contributed by atoms with Gasteiger partial charge in [0.25, 0.3) is 0 Å². The number of nitrogens with one attached hydrogen (secondary N) is 1. The summed E-state index contributed by atoms with van der Waals surface area (Å²) in [5, 5.41) is 3.50. The van der Waals surface area contributed by atoms with Gasteiger partial charge in [-0.25, -0.2) is 4.39 Å². The fourth-order valence-electron chi connectivity index (χ4n) is 2.52. The molecular formula is C18H21ClFN. The third kappa shape index (κ3) is 4.55. The summed E-state index contributed by atoms with van der Waals surface area (Å²) in [5.74, 6) is -0.345. The summed E-state index contributed by atoms with van der Waals surface area (Å²) in [6, 6.07) is 13.8. The van der Waals surface area contributed by atoms with Crippen LogP contribution in [0.5, 0.6) is 0 Å². The van der Waals surface area contributed by atoms with Gasteiger partial charge in [-0.3, -0.25) is 0 Å². The Morgan fingerprint density at radius 2 is 1.95 bits per heavy atom. The molecule has 0 amide bonds. The molecule has 0 aliphatic carbocycles. The van der Waals surface area contributed by atoms with Crippen LogP contribution in [-0.2, 0) is 12.8 Å². The molecule has 0 heterocycles. The summed E-state index contributed by atoms with van der Waals surface area (Å²) in [6.07, 6.45) is 2.84. The summed E-state index contributed by atoms with van der Waals surface area (Å²) < 4.78 is 13.5. The molecule has 0 radical (unpaired) electrons. The molecule has 0 aromatic heterocycles. The Kier molecular flexibility index (Phi) is 5.77. The van der Waals surface area contributed by atoms with Crippen molar-refractivity contribution in [2.45, 2.75) is 32.2 Å². The lowest BCUT2D eigenvalue weighted by Gasteiger charge is -2.17. The molecule has 1 unspecified atom stereocenters. The fraction of sp³-hybridized carbons (Fsp3) is 0.333. The minimum Gasteiger partial charge on any atom is -0.317 e. The van der Waals surface area contributed by atoms with Crippen LogP contribution in [0.3, 0.4) is 0 Å². The van der Waals surface area contributed by atoms with Crippen LogP contribution in [0.2, 0.25) is 5.02 Å². The first-order chi connectivity index (χ1) is 10.1. The molecule has 112 valence electrons. The second-order valence-electron chi connectivity index (χ2n) is 5.40. The van der Waals surface area contributed by atoms with E-state index in [2.05, 4.69) is 36.5 Å². The predicted octanol–water partition coefficient (Wildman–Crippen LogP) is 4.55. The molecule has 2 aromatic rings. The molecule has 1 N–H and O–H groups in total. The summed E-state index contributed by atoms with van der Waals surface area (Å²) in [5.41, 5.74) is 3.67. The van der Waals surface area contributed by atoms with E-state index in [0.717, 1.165) is 24.8 Å². The van der Waals surface area contributed by atoms with Crippen LogP contribution in [0.25, 0.3) is 0 Å². The minimum atomic E-state index is -0.345. The number of halogens is 2. The van der Waals surface area contributed by atoms with Crippen molar-refractivity contribution in [2.75, 3.05) is 7.05 Å². The van der Waals surface area contributed by atoms with Gasteiger partial charge in [-0.2, -0.15) is 0 Å². The van der Waals surface area contributed by atoms with E-state index in [1.807, 2.05) is 13.1 Å². The second kappa shape index (κ2) is 7.58. The van der Waals surface area contributed by atoms with E-state index in [9.17, 15) is 4.39 Å². The highest BCUT2D eigenvalue weighted by Gasteiger charge is 2.10. The van der Waals surface area contributed by atoms with E-state index in [1.165, 1.54) is 17.2 Å². The Hall–Kier alpha value is -1.38. The van der Waals surface area contributed by atoms with Crippen molar-refractivity contribution >= 4 is 11.6 Å². The summed E-state index contributed by atoms with van der Waals surface area (Å²) in [6.45, 7) is 2.14.